The van der Waals surface area contributed by atoms with E-state index in [-0.39, 0.29) is 17.9 Å². The molecule has 43 heavy (non-hydrogen) atoms. The van der Waals surface area contributed by atoms with Gasteiger partial charge in [0.15, 0.2) is 0 Å². The van der Waals surface area contributed by atoms with Gasteiger partial charge in [-0.25, -0.2) is 9.80 Å². The summed E-state index contributed by atoms with van der Waals surface area (Å²) in [6, 6.07) is 28.3. The molecule has 1 saturated heterocycles. The maximum absolute atomic E-state index is 14.2. The second kappa shape index (κ2) is 14.1. The van der Waals surface area contributed by atoms with Crippen LogP contribution in [0, 0.1) is 0 Å². The van der Waals surface area contributed by atoms with E-state index in [9.17, 15) is 9.59 Å². The summed E-state index contributed by atoms with van der Waals surface area (Å²) in [6.07, 6.45) is 3.44. The fraction of sp³-hybridized carbons (Fsp3) is 0.235. The number of benzene rings is 4. The van der Waals surface area contributed by atoms with E-state index >= 15 is 0 Å². The van der Waals surface area contributed by atoms with Crippen molar-refractivity contribution >= 4 is 44.9 Å². The van der Waals surface area contributed by atoms with Crippen molar-refractivity contribution in [1.82, 2.24) is 0 Å². The van der Waals surface area contributed by atoms with Gasteiger partial charge in [0.1, 0.15) is 22.8 Å². The second-order valence-electron chi connectivity index (χ2n) is 10.1. The molecule has 1 aliphatic heterocycles. The summed E-state index contributed by atoms with van der Waals surface area (Å²) in [5.74, 6) is 0.965. The van der Waals surface area contributed by atoms with E-state index in [1.165, 1.54) is 20.6 Å². The van der Waals surface area contributed by atoms with Crippen molar-refractivity contribution in [3.63, 3.8) is 0 Å². The Morgan fingerprint density at radius 1 is 0.860 bits per heavy atom. The molecule has 1 amide bonds. The number of rotatable bonds is 10. The van der Waals surface area contributed by atoms with Gasteiger partial charge >= 0.3 is 5.97 Å². The number of piperidine rings is 1. The van der Waals surface area contributed by atoms with Crippen molar-refractivity contribution in [3.8, 4) is 17.2 Å². The molecular formula is C34H34BrN3O5. The minimum absolute atomic E-state index is 0.0277. The largest absolute Gasteiger partial charge is 0.496 e. The first-order valence-electron chi connectivity index (χ1n) is 14.2. The number of hydrogen-bond donors (Lipinski definition) is 1. The summed E-state index contributed by atoms with van der Waals surface area (Å²) in [5.41, 5.74) is 6.72. The van der Waals surface area contributed by atoms with Crippen LogP contribution in [0.15, 0.2) is 95.5 Å². The van der Waals surface area contributed by atoms with Crippen LogP contribution < -0.4 is 24.8 Å². The zero-order valence-electron chi connectivity index (χ0n) is 24.2. The maximum Gasteiger partial charge on any atom is 0.341 e. The van der Waals surface area contributed by atoms with Crippen LogP contribution in [-0.2, 0) is 16.0 Å². The first-order chi connectivity index (χ1) is 21.0. The van der Waals surface area contributed by atoms with E-state index in [1.54, 1.807) is 17.1 Å². The Hall–Kier alpha value is -4.50. The molecule has 1 aliphatic rings. The number of esters is 1. The molecule has 0 atom stereocenters. The van der Waals surface area contributed by atoms with Crippen molar-refractivity contribution in [2.45, 2.75) is 25.7 Å². The van der Waals surface area contributed by atoms with E-state index in [0.717, 1.165) is 43.1 Å². The number of hydrogen-bond acceptors (Lipinski definition) is 7. The number of halogens is 1. The van der Waals surface area contributed by atoms with Gasteiger partial charge in [0.2, 0.25) is 5.91 Å². The summed E-state index contributed by atoms with van der Waals surface area (Å²) in [7, 11) is 2.80. The Bertz CT molecular complexity index is 1570. The minimum Gasteiger partial charge on any atom is -0.496 e. The average Bonchev–Trinajstić information content (AvgIpc) is 3.05. The summed E-state index contributed by atoms with van der Waals surface area (Å²) < 4.78 is 17.0. The number of amides is 1. The third kappa shape index (κ3) is 7.29. The van der Waals surface area contributed by atoms with Gasteiger partial charge in [0, 0.05) is 23.6 Å². The SMILES string of the molecule is COC(=O)c1cc(Br)c(CC(=O)N(Nc2cccc(Oc3ccccc3)c2)c2ccccc2N2CCCCC2)cc1OC. The number of ether oxygens (including phenoxy) is 3. The predicted octanol–water partition coefficient (Wildman–Crippen LogP) is 7.63. The summed E-state index contributed by atoms with van der Waals surface area (Å²) in [6.45, 7) is 1.86. The Morgan fingerprint density at radius 2 is 1.58 bits per heavy atom. The number of anilines is 3. The number of hydrazine groups is 1. The Balaban J connectivity index is 1.49. The first-order valence-corrected chi connectivity index (χ1v) is 15.0. The molecule has 9 heteroatoms. The number of para-hydroxylation sites is 3. The average molecular weight is 645 g/mol. The topological polar surface area (TPSA) is 80.3 Å². The predicted molar refractivity (Wildman–Crippen MR) is 172 cm³/mol. The highest BCUT2D eigenvalue weighted by Gasteiger charge is 2.25. The van der Waals surface area contributed by atoms with Crippen LogP contribution in [0.25, 0.3) is 0 Å². The molecular weight excluding hydrogens is 610 g/mol. The standard InChI is InChI=1S/C34H34BrN3O5/c1-41-32-20-24(29(35)23-28(32)34(40)42-2)21-33(39)38(31-17-8-7-16-30(31)37-18-9-4-10-19-37)36-25-12-11-15-27(22-25)43-26-13-5-3-6-14-26/h3,5-8,11-17,20,22-23,36H,4,9-10,18-19,21H2,1-2H3. The molecule has 0 spiro atoms. The zero-order chi connectivity index (χ0) is 30.2. The summed E-state index contributed by atoms with van der Waals surface area (Å²) >= 11 is 3.55. The molecule has 8 nitrogen and oxygen atoms in total. The third-order valence-electron chi connectivity index (χ3n) is 7.24. The molecule has 1 N–H and O–H groups in total. The fourth-order valence-electron chi connectivity index (χ4n) is 5.11. The molecule has 0 aromatic heterocycles. The van der Waals surface area contributed by atoms with Gasteiger partial charge in [-0.05, 0) is 73.4 Å². The minimum atomic E-state index is -0.521. The Kier molecular flexibility index (Phi) is 9.84. The third-order valence-corrected chi connectivity index (χ3v) is 7.98. The number of nitrogens with one attached hydrogen (secondary N) is 1. The van der Waals surface area contributed by atoms with Crippen molar-refractivity contribution in [2.24, 2.45) is 0 Å². The molecule has 0 bridgehead atoms. The van der Waals surface area contributed by atoms with Gasteiger partial charge in [0.25, 0.3) is 0 Å². The smallest absolute Gasteiger partial charge is 0.341 e. The lowest BCUT2D eigenvalue weighted by Crippen LogP contribution is -2.39. The van der Waals surface area contributed by atoms with E-state index in [1.807, 2.05) is 72.8 Å². The first kappa shape index (κ1) is 30.0. The van der Waals surface area contributed by atoms with Crippen LogP contribution >= 0.6 is 15.9 Å². The molecule has 0 radical (unpaired) electrons. The number of carbonyl (C=O) groups is 2. The lowest BCUT2D eigenvalue weighted by Gasteiger charge is -2.34. The van der Waals surface area contributed by atoms with Crippen LogP contribution in [0.2, 0.25) is 0 Å². The van der Waals surface area contributed by atoms with Crippen LogP contribution in [0.5, 0.6) is 17.2 Å². The highest BCUT2D eigenvalue weighted by atomic mass is 79.9. The van der Waals surface area contributed by atoms with Gasteiger partial charge < -0.3 is 19.1 Å². The molecule has 0 aliphatic carbocycles. The van der Waals surface area contributed by atoms with Crippen LogP contribution in [0.4, 0.5) is 17.1 Å². The number of methoxy groups -OCH3 is 2. The second-order valence-corrected chi connectivity index (χ2v) is 11.0. The van der Waals surface area contributed by atoms with Crippen LogP contribution in [0.1, 0.15) is 35.2 Å². The van der Waals surface area contributed by atoms with Crippen molar-refractivity contribution < 1.29 is 23.8 Å². The van der Waals surface area contributed by atoms with Gasteiger partial charge in [-0.3, -0.25) is 10.2 Å². The van der Waals surface area contributed by atoms with E-state index in [0.29, 0.717) is 27.2 Å². The van der Waals surface area contributed by atoms with E-state index in [4.69, 9.17) is 14.2 Å². The normalized spacial score (nSPS) is 12.8. The molecule has 0 unspecified atom stereocenters. The van der Waals surface area contributed by atoms with Gasteiger partial charge in [-0.1, -0.05) is 52.3 Å². The number of nitrogens with zero attached hydrogens (tertiary/aromatic N) is 2. The summed E-state index contributed by atoms with van der Waals surface area (Å²) in [5, 5.41) is 1.60. The van der Waals surface area contributed by atoms with Gasteiger partial charge in [-0.15, -0.1) is 0 Å². The monoisotopic (exact) mass is 643 g/mol. The van der Waals surface area contributed by atoms with Crippen molar-refractivity contribution in [1.29, 1.82) is 0 Å². The Morgan fingerprint density at radius 3 is 2.33 bits per heavy atom. The molecule has 1 fully saturated rings. The fourth-order valence-corrected chi connectivity index (χ4v) is 5.59. The van der Waals surface area contributed by atoms with Crippen molar-refractivity contribution in [2.75, 3.05) is 42.6 Å². The molecule has 0 saturated carbocycles. The quantitative estimate of drug-likeness (QED) is 0.141. The summed E-state index contributed by atoms with van der Waals surface area (Å²) in [4.78, 5) is 28.8. The molecule has 5 rings (SSSR count). The van der Waals surface area contributed by atoms with Crippen LogP contribution in [-0.4, -0.2) is 39.2 Å². The maximum atomic E-state index is 14.2. The lowest BCUT2D eigenvalue weighted by molar-refractivity contribution is -0.117. The zero-order valence-corrected chi connectivity index (χ0v) is 25.8. The van der Waals surface area contributed by atoms with Crippen molar-refractivity contribution in [3.05, 3.63) is 107 Å². The van der Waals surface area contributed by atoms with E-state index < -0.39 is 5.97 Å². The molecule has 4 aromatic rings. The van der Waals surface area contributed by atoms with E-state index in [2.05, 4.69) is 32.3 Å². The molecule has 4 aromatic carbocycles. The Labute approximate surface area is 260 Å². The lowest BCUT2D eigenvalue weighted by atomic mass is 10.1. The molecule has 222 valence electrons. The van der Waals surface area contributed by atoms with Crippen LogP contribution in [0.3, 0.4) is 0 Å². The highest BCUT2D eigenvalue weighted by Crippen LogP contribution is 2.34. The van der Waals surface area contributed by atoms with Gasteiger partial charge in [-0.2, -0.15) is 0 Å². The van der Waals surface area contributed by atoms with Gasteiger partial charge in [0.05, 0.1) is 37.7 Å². The highest BCUT2D eigenvalue weighted by molar-refractivity contribution is 9.10. The number of carbonyl (C=O) groups excluding carboxylic acids is 2. The molecule has 1 heterocycles.